The quantitative estimate of drug-likeness (QED) is 0.822. The Hall–Kier alpha value is -1.35. The predicted molar refractivity (Wildman–Crippen MR) is 69.2 cm³/mol. The first kappa shape index (κ1) is 13.7. The third-order valence-electron chi connectivity index (χ3n) is 3.09. The Morgan fingerprint density at radius 1 is 1.24 bits per heavy atom. The van der Waals surface area contributed by atoms with Crippen molar-refractivity contribution >= 4 is 5.97 Å². The minimum absolute atomic E-state index is 0.423. The van der Waals surface area contributed by atoms with Crippen LogP contribution >= 0.6 is 0 Å². The summed E-state index contributed by atoms with van der Waals surface area (Å²) >= 11 is 0. The fraction of sp³-hybridized carbons (Fsp3) is 0.500. The lowest BCUT2D eigenvalue weighted by atomic mass is 10.0. The summed E-state index contributed by atoms with van der Waals surface area (Å²) in [6, 6.07) is 7.64. The van der Waals surface area contributed by atoms with Crippen LogP contribution in [0.1, 0.15) is 25.0 Å². The number of carboxylic acid groups (broad SMARTS) is 1. The van der Waals surface area contributed by atoms with Crippen molar-refractivity contribution in [2.24, 2.45) is 0 Å². The zero-order valence-corrected chi connectivity index (χ0v) is 10.8. The summed E-state index contributed by atoms with van der Waals surface area (Å²) in [6.45, 7) is 7.55. The standard InChI is InChI=1S/C14H21NO2/c1-4-15(5-2)13(14(16)17)10-12-8-6-11(3)7-9-12/h6-9,13H,4-5,10H2,1-3H3,(H,16,17)/t13-/m1/s1. The largest absolute Gasteiger partial charge is 0.480 e. The maximum atomic E-state index is 11.3. The molecule has 0 heterocycles. The van der Waals surface area contributed by atoms with E-state index in [0.29, 0.717) is 6.42 Å². The Morgan fingerprint density at radius 2 is 1.76 bits per heavy atom. The molecule has 0 fully saturated rings. The molecule has 0 bridgehead atoms. The summed E-state index contributed by atoms with van der Waals surface area (Å²) in [6.07, 6.45) is 0.567. The first-order chi connectivity index (χ1) is 8.08. The Kier molecular flexibility index (Phi) is 5.16. The summed E-state index contributed by atoms with van der Waals surface area (Å²) in [5.74, 6) is -0.741. The number of aryl methyl sites for hydroxylation is 1. The van der Waals surface area contributed by atoms with Crippen LogP contribution in [0.25, 0.3) is 0 Å². The molecule has 0 aromatic heterocycles. The van der Waals surface area contributed by atoms with Gasteiger partial charge in [0.25, 0.3) is 0 Å². The highest BCUT2D eigenvalue weighted by Gasteiger charge is 2.23. The van der Waals surface area contributed by atoms with E-state index in [-0.39, 0.29) is 0 Å². The number of benzene rings is 1. The van der Waals surface area contributed by atoms with Crippen molar-refractivity contribution in [3.05, 3.63) is 35.4 Å². The van der Waals surface area contributed by atoms with Crippen molar-refractivity contribution in [2.75, 3.05) is 13.1 Å². The van der Waals surface area contributed by atoms with Gasteiger partial charge in [-0.25, -0.2) is 0 Å². The molecular weight excluding hydrogens is 214 g/mol. The van der Waals surface area contributed by atoms with Crippen molar-refractivity contribution < 1.29 is 9.90 Å². The SMILES string of the molecule is CCN(CC)[C@H](Cc1ccc(C)cc1)C(=O)O. The molecule has 0 saturated carbocycles. The van der Waals surface area contributed by atoms with E-state index in [4.69, 9.17) is 0 Å². The maximum Gasteiger partial charge on any atom is 0.321 e. The normalized spacial score (nSPS) is 12.7. The first-order valence-corrected chi connectivity index (χ1v) is 6.10. The van der Waals surface area contributed by atoms with E-state index in [1.54, 1.807) is 0 Å². The first-order valence-electron chi connectivity index (χ1n) is 6.10. The minimum atomic E-state index is -0.741. The van der Waals surface area contributed by atoms with Gasteiger partial charge in [-0.2, -0.15) is 0 Å². The second-order valence-electron chi connectivity index (χ2n) is 4.26. The molecule has 0 radical (unpaired) electrons. The number of hydrogen-bond acceptors (Lipinski definition) is 2. The summed E-state index contributed by atoms with van der Waals surface area (Å²) in [5.41, 5.74) is 2.28. The molecular formula is C14H21NO2. The lowest BCUT2D eigenvalue weighted by Crippen LogP contribution is -2.42. The van der Waals surface area contributed by atoms with Gasteiger partial charge in [-0.1, -0.05) is 43.7 Å². The molecule has 94 valence electrons. The number of carboxylic acids is 1. The van der Waals surface area contributed by atoms with Gasteiger partial charge in [-0.05, 0) is 32.0 Å². The molecule has 1 atom stereocenters. The van der Waals surface area contributed by atoms with Gasteiger partial charge >= 0.3 is 5.97 Å². The molecule has 0 spiro atoms. The highest BCUT2D eigenvalue weighted by atomic mass is 16.4. The second-order valence-corrected chi connectivity index (χ2v) is 4.26. The smallest absolute Gasteiger partial charge is 0.321 e. The van der Waals surface area contributed by atoms with Crippen LogP contribution in [0, 0.1) is 6.92 Å². The highest BCUT2D eigenvalue weighted by molar-refractivity contribution is 5.74. The fourth-order valence-electron chi connectivity index (χ4n) is 1.98. The topological polar surface area (TPSA) is 40.5 Å². The van der Waals surface area contributed by atoms with Gasteiger partial charge in [0.05, 0.1) is 0 Å². The van der Waals surface area contributed by atoms with Crippen LogP contribution in [-0.2, 0) is 11.2 Å². The van der Waals surface area contributed by atoms with Gasteiger partial charge in [0.1, 0.15) is 6.04 Å². The summed E-state index contributed by atoms with van der Waals surface area (Å²) in [5, 5.41) is 9.28. The van der Waals surface area contributed by atoms with Crippen LogP contribution in [0.5, 0.6) is 0 Å². The van der Waals surface area contributed by atoms with Gasteiger partial charge in [-0.3, -0.25) is 9.69 Å². The minimum Gasteiger partial charge on any atom is -0.480 e. The highest BCUT2D eigenvalue weighted by Crippen LogP contribution is 2.10. The van der Waals surface area contributed by atoms with Gasteiger partial charge in [0, 0.05) is 0 Å². The lowest BCUT2D eigenvalue weighted by molar-refractivity contribution is -0.143. The lowest BCUT2D eigenvalue weighted by Gasteiger charge is -2.26. The molecule has 0 aliphatic carbocycles. The molecule has 0 unspecified atom stereocenters. The molecule has 0 saturated heterocycles. The van der Waals surface area contributed by atoms with E-state index >= 15 is 0 Å². The molecule has 1 rings (SSSR count). The molecule has 3 nitrogen and oxygen atoms in total. The van der Waals surface area contributed by atoms with Crippen molar-refractivity contribution in [1.82, 2.24) is 4.90 Å². The van der Waals surface area contributed by atoms with Gasteiger partial charge < -0.3 is 5.11 Å². The third-order valence-corrected chi connectivity index (χ3v) is 3.09. The zero-order valence-electron chi connectivity index (χ0n) is 10.8. The zero-order chi connectivity index (χ0) is 12.8. The van der Waals surface area contributed by atoms with Crippen molar-refractivity contribution in [2.45, 2.75) is 33.2 Å². The average Bonchev–Trinajstić information content (AvgIpc) is 2.31. The van der Waals surface area contributed by atoms with E-state index in [2.05, 4.69) is 0 Å². The maximum absolute atomic E-state index is 11.3. The third kappa shape index (κ3) is 3.86. The van der Waals surface area contributed by atoms with E-state index < -0.39 is 12.0 Å². The Bertz CT molecular complexity index is 355. The summed E-state index contributed by atoms with van der Waals surface area (Å²) < 4.78 is 0. The average molecular weight is 235 g/mol. The van der Waals surface area contributed by atoms with Gasteiger partial charge in [0.2, 0.25) is 0 Å². The number of likely N-dealkylation sites (N-methyl/N-ethyl adjacent to an activating group) is 1. The van der Waals surface area contributed by atoms with E-state index in [0.717, 1.165) is 18.7 Å². The summed E-state index contributed by atoms with van der Waals surface area (Å²) in [4.78, 5) is 13.3. The Morgan fingerprint density at radius 3 is 2.18 bits per heavy atom. The van der Waals surface area contributed by atoms with E-state index in [1.165, 1.54) is 5.56 Å². The van der Waals surface area contributed by atoms with Gasteiger partial charge in [0.15, 0.2) is 0 Å². The van der Waals surface area contributed by atoms with Crippen LogP contribution in [0.3, 0.4) is 0 Å². The number of aliphatic carboxylic acids is 1. The fourth-order valence-corrected chi connectivity index (χ4v) is 1.98. The molecule has 1 aromatic carbocycles. The summed E-state index contributed by atoms with van der Waals surface area (Å²) in [7, 11) is 0. The molecule has 17 heavy (non-hydrogen) atoms. The van der Waals surface area contributed by atoms with Crippen LogP contribution in [0.15, 0.2) is 24.3 Å². The van der Waals surface area contributed by atoms with E-state index in [1.807, 2.05) is 49.9 Å². The number of nitrogens with zero attached hydrogens (tertiary/aromatic N) is 1. The van der Waals surface area contributed by atoms with Gasteiger partial charge in [-0.15, -0.1) is 0 Å². The second kappa shape index (κ2) is 6.40. The van der Waals surface area contributed by atoms with Crippen molar-refractivity contribution in [1.29, 1.82) is 0 Å². The molecule has 3 heteroatoms. The van der Waals surface area contributed by atoms with Crippen molar-refractivity contribution in [3.63, 3.8) is 0 Å². The molecule has 1 N–H and O–H groups in total. The predicted octanol–water partition coefficient (Wildman–Crippen LogP) is 2.33. The van der Waals surface area contributed by atoms with Crippen LogP contribution in [0.4, 0.5) is 0 Å². The van der Waals surface area contributed by atoms with Crippen molar-refractivity contribution in [3.8, 4) is 0 Å². The molecule has 0 amide bonds. The van der Waals surface area contributed by atoms with Crippen LogP contribution in [-0.4, -0.2) is 35.1 Å². The van der Waals surface area contributed by atoms with E-state index in [9.17, 15) is 9.90 Å². The number of rotatable bonds is 6. The molecule has 1 aromatic rings. The molecule has 0 aliphatic heterocycles. The molecule has 0 aliphatic rings. The Labute approximate surface area is 103 Å². The Balaban J connectivity index is 2.79. The van der Waals surface area contributed by atoms with Crippen LogP contribution in [0.2, 0.25) is 0 Å². The van der Waals surface area contributed by atoms with Crippen LogP contribution < -0.4 is 0 Å². The monoisotopic (exact) mass is 235 g/mol. The number of hydrogen-bond donors (Lipinski definition) is 1. The number of carbonyl (C=O) groups is 1.